The number of para-hydroxylation sites is 3. The molecule has 26 heavy (non-hydrogen) atoms. The fraction of sp³-hybridized carbons (Fsp3) is 0. The van der Waals surface area contributed by atoms with Crippen LogP contribution in [0.2, 0.25) is 0 Å². The van der Waals surface area contributed by atoms with Crippen LogP contribution in [0.25, 0.3) is 10.9 Å². The standard InChI is InChI=1S/C22H16N2O2/c25-21-18-13-7-8-14-20(18)23-15-19(21)22(26)24(16-9-3-1-4-10-16)17-11-5-2-6-12-17/h1-15H,(H,23,25). The third kappa shape index (κ3) is 2.78. The normalized spacial score (nSPS) is 10.6. The van der Waals surface area contributed by atoms with E-state index in [0.29, 0.717) is 22.3 Å². The first-order chi connectivity index (χ1) is 12.8. The molecule has 0 atom stereocenters. The maximum Gasteiger partial charge on any atom is 0.268 e. The lowest BCUT2D eigenvalue weighted by Gasteiger charge is -2.23. The molecule has 1 aromatic heterocycles. The second-order valence-electron chi connectivity index (χ2n) is 5.89. The lowest BCUT2D eigenvalue weighted by Crippen LogP contribution is -2.30. The van der Waals surface area contributed by atoms with E-state index in [1.54, 1.807) is 17.0 Å². The maximum atomic E-state index is 13.3. The van der Waals surface area contributed by atoms with Gasteiger partial charge in [0.15, 0.2) is 0 Å². The van der Waals surface area contributed by atoms with Gasteiger partial charge in [-0.1, -0.05) is 48.5 Å². The van der Waals surface area contributed by atoms with Gasteiger partial charge in [0.1, 0.15) is 5.56 Å². The summed E-state index contributed by atoms with van der Waals surface area (Å²) in [7, 11) is 0. The fourth-order valence-electron chi connectivity index (χ4n) is 2.98. The topological polar surface area (TPSA) is 53.2 Å². The van der Waals surface area contributed by atoms with Crippen LogP contribution >= 0.6 is 0 Å². The van der Waals surface area contributed by atoms with E-state index in [4.69, 9.17) is 0 Å². The van der Waals surface area contributed by atoms with Gasteiger partial charge in [-0.2, -0.15) is 0 Å². The molecule has 0 bridgehead atoms. The number of hydrogen-bond donors (Lipinski definition) is 1. The van der Waals surface area contributed by atoms with Crippen molar-refractivity contribution in [3.05, 3.63) is 107 Å². The smallest absolute Gasteiger partial charge is 0.268 e. The van der Waals surface area contributed by atoms with Crippen LogP contribution in [-0.4, -0.2) is 10.9 Å². The number of nitrogens with zero attached hydrogens (tertiary/aromatic N) is 1. The molecule has 4 aromatic rings. The molecule has 1 heterocycles. The van der Waals surface area contributed by atoms with Gasteiger partial charge in [0.2, 0.25) is 5.43 Å². The van der Waals surface area contributed by atoms with E-state index in [0.717, 1.165) is 0 Å². The second-order valence-corrected chi connectivity index (χ2v) is 5.89. The Morgan fingerprint density at radius 3 is 1.88 bits per heavy atom. The van der Waals surface area contributed by atoms with Gasteiger partial charge in [-0.15, -0.1) is 0 Å². The molecule has 3 aromatic carbocycles. The Labute approximate surface area is 150 Å². The molecule has 0 saturated carbocycles. The molecule has 4 rings (SSSR count). The van der Waals surface area contributed by atoms with Crippen molar-refractivity contribution in [2.24, 2.45) is 0 Å². The lowest BCUT2D eigenvalue weighted by molar-refractivity contribution is 0.0998. The number of pyridine rings is 1. The second kappa shape index (κ2) is 6.69. The largest absolute Gasteiger partial charge is 0.360 e. The van der Waals surface area contributed by atoms with E-state index in [1.165, 1.54) is 6.20 Å². The molecule has 0 fully saturated rings. The van der Waals surface area contributed by atoms with Crippen molar-refractivity contribution in [1.82, 2.24) is 4.98 Å². The van der Waals surface area contributed by atoms with Gasteiger partial charge in [0.25, 0.3) is 5.91 Å². The van der Waals surface area contributed by atoms with Gasteiger partial charge in [-0.05, 0) is 36.4 Å². The molecule has 0 radical (unpaired) electrons. The van der Waals surface area contributed by atoms with E-state index < -0.39 is 0 Å². The Morgan fingerprint density at radius 1 is 0.731 bits per heavy atom. The number of aromatic amines is 1. The summed E-state index contributed by atoms with van der Waals surface area (Å²) in [6.07, 6.45) is 1.49. The molecule has 0 aliphatic carbocycles. The maximum absolute atomic E-state index is 13.3. The van der Waals surface area contributed by atoms with E-state index in [1.807, 2.05) is 72.8 Å². The highest BCUT2D eigenvalue weighted by Crippen LogP contribution is 2.26. The van der Waals surface area contributed by atoms with Gasteiger partial charge in [0, 0.05) is 28.5 Å². The van der Waals surface area contributed by atoms with Crippen molar-refractivity contribution in [1.29, 1.82) is 0 Å². The van der Waals surface area contributed by atoms with E-state index in [2.05, 4.69) is 4.98 Å². The highest BCUT2D eigenvalue weighted by atomic mass is 16.2. The first-order valence-electron chi connectivity index (χ1n) is 8.31. The van der Waals surface area contributed by atoms with Crippen molar-refractivity contribution in [3.63, 3.8) is 0 Å². The Morgan fingerprint density at radius 2 is 1.27 bits per heavy atom. The number of benzene rings is 3. The van der Waals surface area contributed by atoms with Gasteiger partial charge >= 0.3 is 0 Å². The Kier molecular flexibility index (Phi) is 4.07. The van der Waals surface area contributed by atoms with Crippen LogP contribution in [0.1, 0.15) is 10.4 Å². The van der Waals surface area contributed by atoms with Crippen LogP contribution in [0.3, 0.4) is 0 Å². The summed E-state index contributed by atoms with van der Waals surface area (Å²) in [5, 5.41) is 0.499. The van der Waals surface area contributed by atoms with Gasteiger partial charge in [-0.3, -0.25) is 14.5 Å². The van der Waals surface area contributed by atoms with Crippen LogP contribution in [0, 0.1) is 0 Å². The number of anilines is 2. The van der Waals surface area contributed by atoms with Gasteiger partial charge in [-0.25, -0.2) is 0 Å². The molecule has 0 aliphatic heterocycles. The summed E-state index contributed by atoms with van der Waals surface area (Å²) in [6.45, 7) is 0. The number of hydrogen-bond acceptors (Lipinski definition) is 2. The van der Waals surface area contributed by atoms with Crippen LogP contribution in [0.5, 0.6) is 0 Å². The average Bonchev–Trinajstić information content (AvgIpc) is 2.70. The quantitative estimate of drug-likeness (QED) is 0.597. The first-order valence-corrected chi connectivity index (χ1v) is 8.31. The summed E-state index contributed by atoms with van der Waals surface area (Å²) < 4.78 is 0. The average molecular weight is 340 g/mol. The number of fused-ring (bicyclic) bond motifs is 1. The minimum atomic E-state index is -0.366. The Bertz CT molecular complexity index is 1080. The molecule has 0 unspecified atom stereocenters. The zero-order valence-electron chi connectivity index (χ0n) is 13.9. The Balaban J connectivity index is 1.88. The third-order valence-corrected chi connectivity index (χ3v) is 4.25. The number of amides is 1. The van der Waals surface area contributed by atoms with E-state index in [9.17, 15) is 9.59 Å². The summed E-state index contributed by atoms with van der Waals surface area (Å²) >= 11 is 0. The number of nitrogens with one attached hydrogen (secondary N) is 1. The van der Waals surface area contributed by atoms with Crippen molar-refractivity contribution in [2.75, 3.05) is 4.90 Å². The minimum absolute atomic E-state index is 0.108. The zero-order chi connectivity index (χ0) is 17.9. The predicted molar refractivity (Wildman–Crippen MR) is 104 cm³/mol. The van der Waals surface area contributed by atoms with Crippen molar-refractivity contribution >= 4 is 28.2 Å². The van der Waals surface area contributed by atoms with E-state index >= 15 is 0 Å². The molecule has 4 nitrogen and oxygen atoms in total. The van der Waals surface area contributed by atoms with Gasteiger partial charge < -0.3 is 4.98 Å². The summed E-state index contributed by atoms with van der Waals surface area (Å²) in [5.41, 5.74) is 1.95. The minimum Gasteiger partial charge on any atom is -0.360 e. The van der Waals surface area contributed by atoms with Crippen LogP contribution in [-0.2, 0) is 0 Å². The highest BCUT2D eigenvalue weighted by Gasteiger charge is 2.22. The van der Waals surface area contributed by atoms with Crippen molar-refractivity contribution < 1.29 is 4.79 Å². The molecule has 0 aliphatic rings. The molecule has 0 saturated heterocycles. The fourth-order valence-corrected chi connectivity index (χ4v) is 2.98. The molecule has 1 amide bonds. The third-order valence-electron chi connectivity index (χ3n) is 4.25. The summed E-state index contributed by atoms with van der Waals surface area (Å²) in [5.74, 6) is -0.366. The van der Waals surface area contributed by atoms with Crippen LogP contribution in [0.15, 0.2) is 95.9 Å². The molecule has 126 valence electrons. The molecular formula is C22H16N2O2. The van der Waals surface area contributed by atoms with Gasteiger partial charge in [0.05, 0.1) is 0 Å². The predicted octanol–water partition coefficient (Wildman–Crippen LogP) is 4.51. The van der Waals surface area contributed by atoms with E-state index in [-0.39, 0.29) is 16.9 Å². The Hall–Kier alpha value is -3.66. The van der Waals surface area contributed by atoms with Crippen LogP contribution in [0.4, 0.5) is 11.4 Å². The number of H-pyrrole nitrogens is 1. The number of rotatable bonds is 3. The summed E-state index contributed by atoms with van der Waals surface area (Å²) in [4.78, 5) is 30.8. The first kappa shape index (κ1) is 15.8. The monoisotopic (exact) mass is 340 g/mol. The summed E-state index contributed by atoms with van der Waals surface area (Å²) in [6, 6.07) is 25.8. The highest BCUT2D eigenvalue weighted by molar-refractivity contribution is 6.11. The molecule has 1 N–H and O–H groups in total. The SMILES string of the molecule is O=C(c1c[nH]c2ccccc2c1=O)N(c1ccccc1)c1ccccc1. The van der Waals surface area contributed by atoms with Crippen LogP contribution < -0.4 is 10.3 Å². The molecular weight excluding hydrogens is 324 g/mol. The molecule has 0 spiro atoms. The van der Waals surface area contributed by atoms with Crippen molar-refractivity contribution in [2.45, 2.75) is 0 Å². The lowest BCUT2D eigenvalue weighted by atomic mass is 10.1. The number of carbonyl (C=O) groups excluding carboxylic acids is 1. The van der Waals surface area contributed by atoms with Crippen molar-refractivity contribution in [3.8, 4) is 0 Å². The molecule has 4 heteroatoms. The number of aromatic nitrogens is 1. The zero-order valence-corrected chi connectivity index (χ0v) is 13.9. The number of carbonyl (C=O) groups is 1.